The molecule has 0 atom stereocenters. The van der Waals surface area contributed by atoms with Gasteiger partial charge in [-0.2, -0.15) is 0 Å². The van der Waals surface area contributed by atoms with Gasteiger partial charge in [0.25, 0.3) is 0 Å². The third kappa shape index (κ3) is 2.77. The average Bonchev–Trinajstić information content (AvgIpc) is 2.39. The maximum atomic E-state index is 5.59. The third-order valence-electron chi connectivity index (χ3n) is 1.62. The minimum atomic E-state index is 0. The SMILES string of the molecule is CC[N+](CC)=C1N=C(N)C[Se]1.[Cl-]. The maximum Gasteiger partial charge on any atom is -1.00 e. The van der Waals surface area contributed by atoms with Crippen molar-refractivity contribution >= 4 is 25.5 Å². The van der Waals surface area contributed by atoms with Crippen LogP contribution in [0.1, 0.15) is 13.8 Å². The van der Waals surface area contributed by atoms with Crippen LogP contribution in [0.25, 0.3) is 0 Å². The van der Waals surface area contributed by atoms with Gasteiger partial charge in [-0.15, -0.1) is 0 Å². The Morgan fingerprint density at radius 2 is 2.08 bits per heavy atom. The molecule has 3 nitrogen and oxygen atoms in total. The normalized spacial score (nSPS) is 15.5. The topological polar surface area (TPSA) is 41.4 Å². The summed E-state index contributed by atoms with van der Waals surface area (Å²) in [6.45, 7) is 6.39. The van der Waals surface area contributed by atoms with Crippen molar-refractivity contribution in [2.75, 3.05) is 13.1 Å². The number of nitrogens with two attached hydrogens (primary N) is 1. The number of hydrogen-bond donors (Lipinski definition) is 1. The first-order valence-corrected chi connectivity index (χ1v) is 5.92. The molecule has 0 spiro atoms. The largest absolute Gasteiger partial charge is 1.00 e. The van der Waals surface area contributed by atoms with Crippen LogP contribution in [0.15, 0.2) is 4.99 Å². The van der Waals surface area contributed by atoms with Gasteiger partial charge in [-0.3, -0.25) is 0 Å². The number of hydrogen-bond acceptors (Lipinski definition) is 1. The zero-order chi connectivity index (χ0) is 8.27. The molecule has 5 heteroatoms. The van der Waals surface area contributed by atoms with Gasteiger partial charge in [-0.05, 0) is 0 Å². The van der Waals surface area contributed by atoms with Crippen molar-refractivity contribution < 1.29 is 17.0 Å². The number of rotatable bonds is 2. The molecule has 0 aromatic heterocycles. The zero-order valence-electron chi connectivity index (χ0n) is 7.38. The van der Waals surface area contributed by atoms with Crippen molar-refractivity contribution in [1.29, 1.82) is 0 Å². The van der Waals surface area contributed by atoms with E-state index < -0.39 is 0 Å². The molecule has 1 aliphatic rings. The summed E-state index contributed by atoms with van der Waals surface area (Å²) in [7, 11) is 0. The van der Waals surface area contributed by atoms with E-state index in [0.717, 1.165) is 24.2 Å². The second-order valence-corrected chi connectivity index (χ2v) is 4.32. The summed E-state index contributed by atoms with van der Waals surface area (Å²) in [5, 5.41) is 0.999. The first-order valence-electron chi connectivity index (χ1n) is 3.85. The quantitative estimate of drug-likeness (QED) is 0.412. The van der Waals surface area contributed by atoms with E-state index in [-0.39, 0.29) is 12.4 Å². The summed E-state index contributed by atoms with van der Waals surface area (Å²) in [5.41, 5.74) is 5.59. The third-order valence-corrected chi connectivity index (χ3v) is 3.82. The molecule has 0 aliphatic carbocycles. The van der Waals surface area contributed by atoms with Crippen molar-refractivity contribution in [2.24, 2.45) is 10.7 Å². The summed E-state index contributed by atoms with van der Waals surface area (Å²) in [5.74, 6) is 0.812. The van der Waals surface area contributed by atoms with Crippen molar-refractivity contribution in [3.8, 4) is 0 Å². The Hall–Kier alpha value is -0.0505. The van der Waals surface area contributed by atoms with E-state index in [1.807, 2.05) is 0 Å². The van der Waals surface area contributed by atoms with Gasteiger partial charge in [0.05, 0.1) is 0 Å². The van der Waals surface area contributed by atoms with Crippen LogP contribution in [0.4, 0.5) is 0 Å². The second kappa shape index (κ2) is 5.57. The summed E-state index contributed by atoms with van der Waals surface area (Å²) >= 11 is 0.496. The molecule has 0 aromatic rings. The number of nitrogens with zero attached hydrogens (tertiary/aromatic N) is 2. The molecule has 0 aromatic carbocycles. The Morgan fingerprint density at radius 1 is 1.50 bits per heavy atom. The summed E-state index contributed by atoms with van der Waals surface area (Å²) < 4.78 is 3.50. The van der Waals surface area contributed by atoms with Crippen LogP contribution in [0, 0.1) is 0 Å². The molecule has 1 rings (SSSR count). The van der Waals surface area contributed by atoms with E-state index in [9.17, 15) is 0 Å². The van der Waals surface area contributed by atoms with Gasteiger partial charge in [0.2, 0.25) is 0 Å². The Morgan fingerprint density at radius 3 is 2.42 bits per heavy atom. The van der Waals surface area contributed by atoms with Gasteiger partial charge in [0, 0.05) is 0 Å². The smallest absolute Gasteiger partial charge is 1.00 e. The molecular formula is C7H14ClN3Se. The Balaban J connectivity index is 0.00000121. The van der Waals surface area contributed by atoms with Gasteiger partial charge in [0.1, 0.15) is 0 Å². The van der Waals surface area contributed by atoms with E-state index in [0.29, 0.717) is 15.0 Å². The van der Waals surface area contributed by atoms with Gasteiger partial charge < -0.3 is 12.4 Å². The van der Waals surface area contributed by atoms with Crippen LogP contribution >= 0.6 is 0 Å². The van der Waals surface area contributed by atoms with Gasteiger partial charge in [0.15, 0.2) is 0 Å². The van der Waals surface area contributed by atoms with E-state index in [1.54, 1.807) is 0 Å². The molecule has 0 unspecified atom stereocenters. The fourth-order valence-corrected chi connectivity index (χ4v) is 3.00. The first-order chi connectivity index (χ1) is 5.27. The molecule has 2 N–H and O–H groups in total. The summed E-state index contributed by atoms with van der Waals surface area (Å²) in [4.78, 5) is 4.30. The Kier molecular flexibility index (Phi) is 5.55. The van der Waals surface area contributed by atoms with Crippen molar-refractivity contribution in [1.82, 2.24) is 0 Å². The maximum absolute atomic E-state index is 5.59. The summed E-state index contributed by atoms with van der Waals surface area (Å²) in [6, 6.07) is 0. The molecular weight excluding hydrogens is 241 g/mol. The molecule has 0 amide bonds. The number of aliphatic imine (C=N–C) groups is 1. The molecule has 0 fully saturated rings. The van der Waals surface area contributed by atoms with Crippen LogP contribution in [0.2, 0.25) is 5.32 Å². The molecule has 70 valence electrons. The van der Waals surface area contributed by atoms with E-state index in [2.05, 4.69) is 23.4 Å². The average molecular weight is 255 g/mol. The fourth-order valence-electron chi connectivity index (χ4n) is 0.982. The molecule has 0 bridgehead atoms. The predicted octanol–water partition coefficient (Wildman–Crippen LogP) is -3.11. The van der Waals surface area contributed by atoms with Crippen molar-refractivity contribution in [3.05, 3.63) is 0 Å². The molecule has 1 heterocycles. The van der Waals surface area contributed by atoms with Crippen molar-refractivity contribution in [2.45, 2.75) is 19.2 Å². The monoisotopic (exact) mass is 255 g/mol. The minimum Gasteiger partial charge on any atom is -1.00 e. The molecule has 0 radical (unpaired) electrons. The van der Waals surface area contributed by atoms with E-state index >= 15 is 0 Å². The van der Waals surface area contributed by atoms with E-state index in [4.69, 9.17) is 5.73 Å². The van der Waals surface area contributed by atoms with Crippen LogP contribution in [-0.2, 0) is 0 Å². The fraction of sp³-hybridized carbons (Fsp3) is 0.714. The van der Waals surface area contributed by atoms with Crippen LogP contribution in [-0.4, -0.2) is 43.2 Å². The standard InChI is InChI=1S/C7H13N3Se.ClH/c1-3-10(4-2)7-9-6(8)5-11-7;/h8H,3-5H2,1-2H3;1H. The van der Waals surface area contributed by atoms with E-state index in [1.165, 1.54) is 4.73 Å². The molecule has 0 saturated heterocycles. The van der Waals surface area contributed by atoms with Gasteiger partial charge in [-0.1, -0.05) is 0 Å². The zero-order valence-corrected chi connectivity index (χ0v) is 9.85. The Bertz CT molecular complexity index is 207. The number of amidine groups is 2. The van der Waals surface area contributed by atoms with Crippen LogP contribution < -0.4 is 18.1 Å². The molecule has 0 saturated carbocycles. The molecule has 1 aliphatic heterocycles. The van der Waals surface area contributed by atoms with Crippen LogP contribution in [0.3, 0.4) is 0 Å². The predicted molar refractivity (Wildman–Crippen MR) is 48.5 cm³/mol. The second-order valence-electron chi connectivity index (χ2n) is 2.35. The van der Waals surface area contributed by atoms with Gasteiger partial charge >= 0.3 is 73.1 Å². The molecule has 12 heavy (non-hydrogen) atoms. The van der Waals surface area contributed by atoms with Crippen LogP contribution in [0.5, 0.6) is 0 Å². The Labute approximate surface area is 85.7 Å². The summed E-state index contributed by atoms with van der Waals surface area (Å²) in [6.07, 6.45) is 0. The van der Waals surface area contributed by atoms with Gasteiger partial charge in [-0.25, -0.2) is 0 Å². The minimum absolute atomic E-state index is 0. The van der Waals surface area contributed by atoms with Crippen molar-refractivity contribution in [3.63, 3.8) is 0 Å². The first kappa shape index (κ1) is 11.9. The number of halogens is 1.